The number of halogens is 2. The molecule has 0 aliphatic carbocycles. The Kier molecular flexibility index (Phi) is 8.77. The molecule has 3 nitrogen and oxygen atoms in total. The maximum atomic E-state index is 5.98. The Morgan fingerprint density at radius 1 is 1.25 bits per heavy atom. The van der Waals surface area contributed by atoms with Crippen LogP contribution in [0, 0.1) is 0 Å². The fraction of sp³-hybridized carbons (Fsp3) is 0.600. The number of hydrogen-bond acceptors (Lipinski definition) is 3. The highest BCUT2D eigenvalue weighted by atomic mass is 79.9. The summed E-state index contributed by atoms with van der Waals surface area (Å²) in [5.74, 6) is 0.881. The lowest BCUT2D eigenvalue weighted by molar-refractivity contribution is 0.199. The summed E-state index contributed by atoms with van der Waals surface area (Å²) in [6.07, 6.45) is 2.40. The van der Waals surface area contributed by atoms with E-state index in [9.17, 15) is 0 Å². The molecule has 1 unspecified atom stereocenters. The van der Waals surface area contributed by atoms with Crippen molar-refractivity contribution < 1.29 is 9.47 Å². The number of hydrogen-bond donors (Lipinski definition) is 1. The Labute approximate surface area is 138 Å². The molecule has 1 aromatic rings. The molecule has 0 saturated carbocycles. The van der Waals surface area contributed by atoms with Gasteiger partial charge in [0.2, 0.25) is 0 Å². The third kappa shape index (κ3) is 6.12. The zero-order valence-corrected chi connectivity index (χ0v) is 15.5. The minimum atomic E-state index is 0.221. The fourth-order valence-electron chi connectivity index (χ4n) is 1.90. The first-order valence-electron chi connectivity index (χ1n) is 6.92. The van der Waals surface area contributed by atoms with E-state index in [-0.39, 0.29) is 6.10 Å². The van der Waals surface area contributed by atoms with Crippen LogP contribution in [0.15, 0.2) is 21.1 Å². The topological polar surface area (TPSA) is 30.5 Å². The Bertz CT molecular complexity index is 390. The van der Waals surface area contributed by atoms with Crippen LogP contribution in [0.1, 0.15) is 32.3 Å². The molecule has 0 bridgehead atoms. The summed E-state index contributed by atoms with van der Waals surface area (Å²) >= 11 is 7.19. The minimum absolute atomic E-state index is 0.221. The van der Waals surface area contributed by atoms with Gasteiger partial charge in [0.15, 0.2) is 0 Å². The molecule has 1 N–H and O–H groups in total. The second-order valence-electron chi connectivity index (χ2n) is 4.78. The van der Waals surface area contributed by atoms with E-state index in [1.54, 1.807) is 7.11 Å². The van der Waals surface area contributed by atoms with Crippen LogP contribution in [0.4, 0.5) is 0 Å². The molecule has 0 radical (unpaired) electrons. The van der Waals surface area contributed by atoms with E-state index >= 15 is 0 Å². The van der Waals surface area contributed by atoms with Crippen LogP contribution in [0.2, 0.25) is 0 Å². The highest BCUT2D eigenvalue weighted by Gasteiger charge is 2.12. The van der Waals surface area contributed by atoms with Crippen molar-refractivity contribution in [3.63, 3.8) is 0 Å². The molecule has 114 valence electrons. The zero-order chi connectivity index (χ0) is 15.0. The third-order valence-electron chi connectivity index (χ3n) is 2.88. The SMILES string of the molecule is CCCC(C)Oc1c(Br)cc(CNCCOC)cc1Br. The van der Waals surface area contributed by atoms with Crippen molar-refractivity contribution in [1.82, 2.24) is 5.32 Å². The van der Waals surface area contributed by atoms with E-state index in [2.05, 4.69) is 63.2 Å². The predicted molar refractivity (Wildman–Crippen MR) is 90.4 cm³/mol. The molecule has 0 amide bonds. The molecule has 1 rings (SSSR count). The Hall–Kier alpha value is -0.100. The number of nitrogens with one attached hydrogen (secondary N) is 1. The van der Waals surface area contributed by atoms with Gasteiger partial charge in [0.05, 0.1) is 21.7 Å². The Morgan fingerprint density at radius 2 is 1.90 bits per heavy atom. The lowest BCUT2D eigenvalue weighted by Gasteiger charge is -2.17. The van der Waals surface area contributed by atoms with Gasteiger partial charge in [0, 0.05) is 20.2 Å². The van der Waals surface area contributed by atoms with Gasteiger partial charge in [-0.3, -0.25) is 0 Å². The first-order chi connectivity index (χ1) is 9.58. The molecule has 0 fully saturated rings. The lowest BCUT2D eigenvalue weighted by Crippen LogP contribution is -2.18. The highest BCUT2D eigenvalue weighted by Crippen LogP contribution is 2.35. The summed E-state index contributed by atoms with van der Waals surface area (Å²) in [7, 11) is 1.71. The first kappa shape index (κ1) is 18.0. The molecular formula is C15H23Br2NO2. The van der Waals surface area contributed by atoms with Gasteiger partial charge in [0.25, 0.3) is 0 Å². The van der Waals surface area contributed by atoms with Crippen molar-refractivity contribution in [2.75, 3.05) is 20.3 Å². The average molecular weight is 409 g/mol. The van der Waals surface area contributed by atoms with Crippen LogP contribution in [-0.4, -0.2) is 26.4 Å². The predicted octanol–water partition coefficient (Wildman–Crippen LogP) is 4.52. The van der Waals surface area contributed by atoms with Crippen LogP contribution >= 0.6 is 31.9 Å². The van der Waals surface area contributed by atoms with Crippen LogP contribution in [0.5, 0.6) is 5.75 Å². The summed E-state index contributed by atoms with van der Waals surface area (Å²) in [4.78, 5) is 0. The van der Waals surface area contributed by atoms with Gasteiger partial charge in [-0.1, -0.05) is 13.3 Å². The molecular weight excluding hydrogens is 386 g/mol. The molecule has 0 aliphatic heterocycles. The lowest BCUT2D eigenvalue weighted by atomic mass is 10.2. The Morgan fingerprint density at radius 3 is 2.45 bits per heavy atom. The molecule has 0 aliphatic rings. The second-order valence-corrected chi connectivity index (χ2v) is 6.48. The zero-order valence-electron chi connectivity index (χ0n) is 12.3. The Balaban J connectivity index is 2.66. The third-order valence-corrected chi connectivity index (χ3v) is 4.06. The standard InChI is InChI=1S/C15H23Br2NO2/c1-4-5-11(2)20-15-13(16)8-12(9-14(15)17)10-18-6-7-19-3/h8-9,11,18H,4-7,10H2,1-3H3. The average Bonchev–Trinajstić information content (AvgIpc) is 2.39. The van der Waals surface area contributed by atoms with Crippen LogP contribution < -0.4 is 10.1 Å². The van der Waals surface area contributed by atoms with E-state index in [0.29, 0.717) is 0 Å². The summed E-state index contributed by atoms with van der Waals surface area (Å²) in [5.41, 5.74) is 1.20. The molecule has 1 aromatic carbocycles. The molecule has 0 saturated heterocycles. The minimum Gasteiger partial charge on any atom is -0.488 e. The van der Waals surface area contributed by atoms with Gasteiger partial charge < -0.3 is 14.8 Å². The van der Waals surface area contributed by atoms with Gasteiger partial charge in [-0.15, -0.1) is 0 Å². The van der Waals surface area contributed by atoms with Gasteiger partial charge in [0.1, 0.15) is 5.75 Å². The first-order valence-corrected chi connectivity index (χ1v) is 8.51. The van der Waals surface area contributed by atoms with Crippen molar-refractivity contribution in [2.24, 2.45) is 0 Å². The van der Waals surface area contributed by atoms with Crippen LogP contribution in [-0.2, 0) is 11.3 Å². The maximum Gasteiger partial charge on any atom is 0.148 e. The highest BCUT2D eigenvalue weighted by molar-refractivity contribution is 9.11. The van der Waals surface area contributed by atoms with E-state index in [4.69, 9.17) is 9.47 Å². The van der Waals surface area contributed by atoms with Gasteiger partial charge in [-0.05, 0) is 62.9 Å². The molecule has 20 heavy (non-hydrogen) atoms. The van der Waals surface area contributed by atoms with E-state index in [1.807, 2.05) is 0 Å². The quantitative estimate of drug-likeness (QED) is 0.609. The summed E-state index contributed by atoms with van der Waals surface area (Å²) < 4.78 is 13.0. The normalized spacial score (nSPS) is 12.4. The van der Waals surface area contributed by atoms with Gasteiger partial charge in [-0.2, -0.15) is 0 Å². The molecule has 0 heterocycles. The van der Waals surface area contributed by atoms with Crippen molar-refractivity contribution in [2.45, 2.75) is 39.3 Å². The van der Waals surface area contributed by atoms with Gasteiger partial charge >= 0.3 is 0 Å². The molecule has 5 heteroatoms. The van der Waals surface area contributed by atoms with Crippen molar-refractivity contribution in [3.05, 3.63) is 26.6 Å². The molecule has 0 aromatic heterocycles. The van der Waals surface area contributed by atoms with Crippen LogP contribution in [0.25, 0.3) is 0 Å². The maximum absolute atomic E-state index is 5.98. The summed E-state index contributed by atoms with van der Waals surface area (Å²) in [6.45, 7) is 6.64. The summed E-state index contributed by atoms with van der Waals surface area (Å²) in [5, 5.41) is 3.33. The number of methoxy groups -OCH3 is 1. The van der Waals surface area contributed by atoms with Crippen molar-refractivity contribution in [3.8, 4) is 5.75 Å². The van der Waals surface area contributed by atoms with Crippen molar-refractivity contribution in [1.29, 1.82) is 0 Å². The summed E-state index contributed by atoms with van der Waals surface area (Å²) in [6, 6.07) is 4.19. The van der Waals surface area contributed by atoms with Crippen LogP contribution in [0.3, 0.4) is 0 Å². The van der Waals surface area contributed by atoms with Gasteiger partial charge in [-0.25, -0.2) is 0 Å². The molecule has 0 spiro atoms. The smallest absolute Gasteiger partial charge is 0.148 e. The van der Waals surface area contributed by atoms with E-state index in [1.165, 1.54) is 5.56 Å². The molecule has 1 atom stereocenters. The number of benzene rings is 1. The monoisotopic (exact) mass is 407 g/mol. The largest absolute Gasteiger partial charge is 0.488 e. The van der Waals surface area contributed by atoms with E-state index < -0.39 is 0 Å². The number of rotatable bonds is 9. The van der Waals surface area contributed by atoms with E-state index in [0.717, 1.165) is 47.2 Å². The fourth-order valence-corrected chi connectivity index (χ4v) is 3.37. The number of ether oxygens (including phenoxy) is 2. The second kappa shape index (κ2) is 9.77. The van der Waals surface area contributed by atoms with Crippen molar-refractivity contribution >= 4 is 31.9 Å².